The summed E-state index contributed by atoms with van der Waals surface area (Å²) in [6, 6.07) is 17.1. The minimum Gasteiger partial charge on any atom is -0.496 e. The number of hydrogen-bond donors (Lipinski definition) is 1. The molecule has 3 rings (SSSR count). The van der Waals surface area contributed by atoms with Gasteiger partial charge in [-0.1, -0.05) is 48.5 Å². The summed E-state index contributed by atoms with van der Waals surface area (Å²) in [6.45, 7) is 0.467. The van der Waals surface area contributed by atoms with Gasteiger partial charge >= 0.3 is 0 Å². The van der Waals surface area contributed by atoms with Crippen molar-refractivity contribution in [2.24, 2.45) is 0 Å². The fourth-order valence-electron chi connectivity index (χ4n) is 2.69. The van der Waals surface area contributed by atoms with Crippen LogP contribution in [-0.2, 0) is 17.8 Å². The summed E-state index contributed by atoms with van der Waals surface area (Å²) in [5.41, 5.74) is 1.86. The molecule has 2 aromatic carbocycles. The zero-order valence-corrected chi connectivity index (χ0v) is 14.0. The molecule has 0 aliphatic rings. The Morgan fingerprint density at radius 1 is 1.08 bits per heavy atom. The van der Waals surface area contributed by atoms with Gasteiger partial charge in [0.1, 0.15) is 5.75 Å². The summed E-state index contributed by atoms with van der Waals surface area (Å²) in [5, 5.41) is 11.3. The molecule has 1 atom stereocenters. The quantitative estimate of drug-likeness (QED) is 0.719. The summed E-state index contributed by atoms with van der Waals surface area (Å²) in [7, 11) is 1.60. The van der Waals surface area contributed by atoms with Crippen LogP contribution in [0.4, 0.5) is 0 Å². The smallest absolute Gasteiger partial charge is 0.225 e. The zero-order valence-electron chi connectivity index (χ0n) is 14.0. The van der Waals surface area contributed by atoms with Crippen molar-refractivity contribution >= 4 is 5.91 Å². The SMILES string of the molecule is COc1ccccc1CC(=O)NC(Cn1nccn1)c1ccccc1. The van der Waals surface area contributed by atoms with Crippen molar-refractivity contribution in [1.29, 1.82) is 0 Å². The van der Waals surface area contributed by atoms with Crippen molar-refractivity contribution in [1.82, 2.24) is 20.3 Å². The normalized spacial score (nSPS) is 11.7. The van der Waals surface area contributed by atoms with Crippen molar-refractivity contribution in [3.8, 4) is 5.75 Å². The first-order chi connectivity index (χ1) is 12.3. The molecule has 0 saturated heterocycles. The van der Waals surface area contributed by atoms with E-state index in [1.807, 2.05) is 54.6 Å². The highest BCUT2D eigenvalue weighted by molar-refractivity contribution is 5.79. The number of aromatic nitrogens is 3. The second kappa shape index (κ2) is 8.10. The van der Waals surface area contributed by atoms with Gasteiger partial charge in [-0.25, -0.2) is 0 Å². The van der Waals surface area contributed by atoms with Gasteiger partial charge in [-0.3, -0.25) is 4.79 Å². The molecule has 1 N–H and O–H groups in total. The van der Waals surface area contributed by atoms with Gasteiger partial charge in [-0.15, -0.1) is 0 Å². The molecule has 128 valence electrons. The maximum absolute atomic E-state index is 12.6. The average Bonchev–Trinajstić information content (AvgIpc) is 3.15. The van der Waals surface area contributed by atoms with E-state index < -0.39 is 0 Å². The Hall–Kier alpha value is -3.15. The van der Waals surface area contributed by atoms with Gasteiger partial charge in [0.05, 0.1) is 38.5 Å². The van der Waals surface area contributed by atoms with Crippen molar-refractivity contribution < 1.29 is 9.53 Å². The summed E-state index contributed by atoms with van der Waals surface area (Å²) in [6.07, 6.45) is 3.50. The summed E-state index contributed by atoms with van der Waals surface area (Å²) in [5.74, 6) is 0.633. The maximum Gasteiger partial charge on any atom is 0.225 e. The van der Waals surface area contributed by atoms with Gasteiger partial charge < -0.3 is 10.1 Å². The van der Waals surface area contributed by atoms with E-state index in [1.165, 1.54) is 0 Å². The molecule has 0 saturated carbocycles. The lowest BCUT2D eigenvalue weighted by Gasteiger charge is -2.19. The Labute approximate surface area is 146 Å². The van der Waals surface area contributed by atoms with Gasteiger partial charge in [0.2, 0.25) is 5.91 Å². The molecule has 0 spiro atoms. The number of benzene rings is 2. The van der Waals surface area contributed by atoms with E-state index in [9.17, 15) is 4.79 Å². The monoisotopic (exact) mass is 336 g/mol. The van der Waals surface area contributed by atoms with Crippen molar-refractivity contribution in [3.63, 3.8) is 0 Å². The van der Waals surface area contributed by atoms with Crippen molar-refractivity contribution in [2.45, 2.75) is 19.0 Å². The molecule has 1 unspecified atom stereocenters. The molecule has 1 amide bonds. The third-order valence-corrected chi connectivity index (χ3v) is 3.89. The molecule has 1 aromatic heterocycles. The molecular formula is C19H20N4O2. The Bertz CT molecular complexity index is 803. The van der Waals surface area contributed by atoms with Crippen LogP contribution in [0.5, 0.6) is 5.75 Å². The number of hydrogen-bond acceptors (Lipinski definition) is 4. The van der Waals surface area contributed by atoms with Gasteiger partial charge in [0.25, 0.3) is 0 Å². The zero-order chi connectivity index (χ0) is 17.5. The lowest BCUT2D eigenvalue weighted by Crippen LogP contribution is -2.33. The van der Waals surface area contributed by atoms with Crippen LogP contribution in [0.2, 0.25) is 0 Å². The molecule has 25 heavy (non-hydrogen) atoms. The van der Waals surface area contributed by atoms with E-state index >= 15 is 0 Å². The van der Waals surface area contributed by atoms with Crippen LogP contribution >= 0.6 is 0 Å². The topological polar surface area (TPSA) is 69.0 Å². The standard InChI is InChI=1S/C19H20N4O2/c1-25-18-10-6-5-9-16(18)13-19(24)22-17(14-23-20-11-12-21-23)15-7-3-2-4-8-15/h2-12,17H,13-14H2,1H3,(H,22,24). The minimum atomic E-state index is -0.212. The molecule has 6 heteroatoms. The highest BCUT2D eigenvalue weighted by atomic mass is 16.5. The average molecular weight is 336 g/mol. The second-order valence-electron chi connectivity index (χ2n) is 5.60. The largest absolute Gasteiger partial charge is 0.496 e. The summed E-state index contributed by atoms with van der Waals surface area (Å²) < 4.78 is 5.32. The highest BCUT2D eigenvalue weighted by Crippen LogP contribution is 2.19. The molecular weight excluding hydrogens is 316 g/mol. The molecule has 1 heterocycles. The van der Waals surface area contributed by atoms with Crippen LogP contribution < -0.4 is 10.1 Å². The van der Waals surface area contributed by atoms with E-state index in [4.69, 9.17) is 4.74 Å². The van der Waals surface area contributed by atoms with Crippen LogP contribution in [0.1, 0.15) is 17.2 Å². The van der Waals surface area contributed by atoms with Gasteiger partial charge in [-0.2, -0.15) is 15.0 Å². The number of rotatable bonds is 7. The van der Waals surface area contributed by atoms with E-state index in [0.29, 0.717) is 12.3 Å². The predicted molar refractivity (Wildman–Crippen MR) is 94.0 cm³/mol. The van der Waals surface area contributed by atoms with Crippen LogP contribution in [0.25, 0.3) is 0 Å². The van der Waals surface area contributed by atoms with E-state index in [-0.39, 0.29) is 18.4 Å². The number of carbonyl (C=O) groups is 1. The van der Waals surface area contributed by atoms with Crippen LogP contribution in [0, 0.1) is 0 Å². The molecule has 0 aliphatic heterocycles. The molecule has 0 fully saturated rings. The fourth-order valence-corrected chi connectivity index (χ4v) is 2.69. The van der Waals surface area contributed by atoms with E-state index in [0.717, 1.165) is 11.1 Å². The Balaban J connectivity index is 1.74. The lowest BCUT2D eigenvalue weighted by molar-refractivity contribution is -0.121. The van der Waals surface area contributed by atoms with E-state index in [1.54, 1.807) is 24.3 Å². The first-order valence-corrected chi connectivity index (χ1v) is 8.06. The number of amides is 1. The van der Waals surface area contributed by atoms with Crippen molar-refractivity contribution in [3.05, 3.63) is 78.1 Å². The number of methoxy groups -OCH3 is 1. The molecule has 0 aliphatic carbocycles. The number of carbonyl (C=O) groups excluding carboxylic acids is 1. The van der Waals surface area contributed by atoms with Crippen LogP contribution in [-0.4, -0.2) is 28.0 Å². The minimum absolute atomic E-state index is 0.0782. The molecule has 3 aromatic rings. The predicted octanol–water partition coefficient (Wildman–Crippen LogP) is 2.39. The first-order valence-electron chi connectivity index (χ1n) is 8.06. The third-order valence-electron chi connectivity index (χ3n) is 3.89. The second-order valence-corrected chi connectivity index (χ2v) is 5.60. The maximum atomic E-state index is 12.6. The molecule has 6 nitrogen and oxygen atoms in total. The number of nitrogens with one attached hydrogen (secondary N) is 1. The van der Waals surface area contributed by atoms with Gasteiger partial charge in [0.15, 0.2) is 0 Å². The molecule has 0 radical (unpaired) electrons. The molecule has 0 bridgehead atoms. The van der Waals surface area contributed by atoms with Crippen LogP contribution in [0.15, 0.2) is 67.0 Å². The Kier molecular flexibility index (Phi) is 5.41. The third kappa shape index (κ3) is 4.44. The fraction of sp³-hybridized carbons (Fsp3) is 0.211. The number of para-hydroxylation sites is 1. The van der Waals surface area contributed by atoms with Crippen molar-refractivity contribution in [2.75, 3.05) is 7.11 Å². The highest BCUT2D eigenvalue weighted by Gasteiger charge is 2.17. The number of ether oxygens (including phenoxy) is 1. The number of nitrogens with zero attached hydrogens (tertiary/aromatic N) is 3. The Morgan fingerprint density at radius 3 is 2.48 bits per heavy atom. The Morgan fingerprint density at radius 2 is 1.76 bits per heavy atom. The van der Waals surface area contributed by atoms with Gasteiger partial charge in [0, 0.05) is 5.56 Å². The van der Waals surface area contributed by atoms with Gasteiger partial charge in [-0.05, 0) is 11.6 Å². The van der Waals surface area contributed by atoms with Crippen LogP contribution in [0.3, 0.4) is 0 Å². The van der Waals surface area contributed by atoms with E-state index in [2.05, 4.69) is 15.5 Å². The summed E-state index contributed by atoms with van der Waals surface area (Å²) in [4.78, 5) is 14.1. The summed E-state index contributed by atoms with van der Waals surface area (Å²) >= 11 is 0. The lowest BCUT2D eigenvalue weighted by atomic mass is 10.1. The first kappa shape index (κ1) is 16.7.